The second-order valence-corrected chi connectivity index (χ2v) is 5.24. The van der Waals surface area contributed by atoms with Crippen LogP contribution in [-0.2, 0) is 0 Å². The summed E-state index contributed by atoms with van der Waals surface area (Å²) < 4.78 is 0. The fraction of sp³-hybridized carbons (Fsp3) is 0.333. The molecule has 1 saturated heterocycles. The van der Waals surface area contributed by atoms with Crippen molar-refractivity contribution in [1.82, 2.24) is 10.3 Å². The standard InChI is InChI=1S/C15H18N4O/c1-10-9-19(7-6-17-10)15-13-8-12(14(16)20)3-2-11(13)4-5-18-15/h2-5,8,10,17H,6-7,9H2,1H3,(H2,16,20). The van der Waals surface area contributed by atoms with Crippen LogP contribution in [0.4, 0.5) is 5.82 Å². The number of aromatic nitrogens is 1. The van der Waals surface area contributed by atoms with Crippen molar-refractivity contribution in [3.05, 3.63) is 36.0 Å². The number of rotatable bonds is 2. The SMILES string of the molecule is CC1CN(c2nccc3ccc(C(N)=O)cc23)CCN1. The minimum atomic E-state index is -0.407. The summed E-state index contributed by atoms with van der Waals surface area (Å²) in [4.78, 5) is 18.1. The molecule has 5 heteroatoms. The van der Waals surface area contributed by atoms with Crippen LogP contribution in [0.25, 0.3) is 10.8 Å². The monoisotopic (exact) mass is 270 g/mol. The molecule has 5 nitrogen and oxygen atoms in total. The second-order valence-electron chi connectivity index (χ2n) is 5.24. The number of pyridine rings is 1. The van der Waals surface area contributed by atoms with Crippen molar-refractivity contribution in [3.63, 3.8) is 0 Å². The van der Waals surface area contributed by atoms with Crippen LogP contribution in [0.5, 0.6) is 0 Å². The highest BCUT2D eigenvalue weighted by atomic mass is 16.1. The minimum Gasteiger partial charge on any atom is -0.366 e. The Labute approximate surface area is 117 Å². The zero-order valence-corrected chi connectivity index (χ0v) is 11.5. The Kier molecular flexibility index (Phi) is 3.28. The van der Waals surface area contributed by atoms with Gasteiger partial charge in [-0.1, -0.05) is 6.07 Å². The van der Waals surface area contributed by atoms with E-state index in [0.29, 0.717) is 11.6 Å². The first-order valence-corrected chi connectivity index (χ1v) is 6.82. The van der Waals surface area contributed by atoms with Gasteiger partial charge in [0.15, 0.2) is 0 Å². The molecule has 0 aliphatic carbocycles. The van der Waals surface area contributed by atoms with E-state index in [-0.39, 0.29) is 0 Å². The van der Waals surface area contributed by atoms with Crippen LogP contribution in [0.1, 0.15) is 17.3 Å². The highest BCUT2D eigenvalue weighted by molar-refractivity contribution is 6.00. The number of nitrogens with one attached hydrogen (secondary N) is 1. The van der Waals surface area contributed by atoms with Gasteiger partial charge in [-0.2, -0.15) is 0 Å². The lowest BCUT2D eigenvalue weighted by Gasteiger charge is -2.33. The van der Waals surface area contributed by atoms with Gasteiger partial charge in [-0.3, -0.25) is 4.79 Å². The summed E-state index contributed by atoms with van der Waals surface area (Å²) >= 11 is 0. The Hall–Kier alpha value is -2.14. The van der Waals surface area contributed by atoms with E-state index in [1.165, 1.54) is 0 Å². The Bertz CT molecular complexity index is 655. The number of piperazine rings is 1. The molecule has 1 aliphatic heterocycles. The van der Waals surface area contributed by atoms with Gasteiger partial charge in [0.2, 0.25) is 5.91 Å². The summed E-state index contributed by atoms with van der Waals surface area (Å²) in [5.41, 5.74) is 5.90. The minimum absolute atomic E-state index is 0.407. The lowest BCUT2D eigenvalue weighted by atomic mass is 10.1. The first-order valence-electron chi connectivity index (χ1n) is 6.82. The zero-order chi connectivity index (χ0) is 14.1. The zero-order valence-electron chi connectivity index (χ0n) is 11.5. The topological polar surface area (TPSA) is 71.2 Å². The van der Waals surface area contributed by atoms with Gasteiger partial charge in [0.25, 0.3) is 0 Å². The summed E-state index contributed by atoms with van der Waals surface area (Å²) in [6, 6.07) is 7.91. The summed E-state index contributed by atoms with van der Waals surface area (Å²) in [7, 11) is 0. The first kappa shape index (κ1) is 12.9. The highest BCUT2D eigenvalue weighted by Gasteiger charge is 2.19. The molecule has 1 aromatic heterocycles. The molecule has 3 rings (SSSR count). The van der Waals surface area contributed by atoms with Crippen LogP contribution >= 0.6 is 0 Å². The van der Waals surface area contributed by atoms with Crippen molar-refractivity contribution in [2.45, 2.75) is 13.0 Å². The third kappa shape index (κ3) is 2.32. The summed E-state index contributed by atoms with van der Waals surface area (Å²) in [6.45, 7) is 4.92. The molecule has 2 aromatic rings. The van der Waals surface area contributed by atoms with E-state index >= 15 is 0 Å². The molecular formula is C15H18N4O. The number of carbonyl (C=O) groups is 1. The molecule has 3 N–H and O–H groups in total. The Morgan fingerprint density at radius 3 is 3.05 bits per heavy atom. The van der Waals surface area contributed by atoms with Gasteiger partial charge in [-0.05, 0) is 30.5 Å². The molecule has 0 radical (unpaired) electrons. The van der Waals surface area contributed by atoms with E-state index < -0.39 is 5.91 Å². The molecule has 1 fully saturated rings. The number of nitrogens with two attached hydrogens (primary N) is 1. The second kappa shape index (κ2) is 5.09. The number of hydrogen-bond donors (Lipinski definition) is 2. The lowest BCUT2D eigenvalue weighted by molar-refractivity contribution is 0.100. The molecule has 1 amide bonds. The molecule has 0 saturated carbocycles. The quantitative estimate of drug-likeness (QED) is 0.858. The van der Waals surface area contributed by atoms with Crippen LogP contribution in [-0.4, -0.2) is 36.6 Å². The molecule has 104 valence electrons. The normalized spacial score (nSPS) is 19.2. The van der Waals surface area contributed by atoms with Crippen molar-refractivity contribution < 1.29 is 4.79 Å². The molecule has 1 unspecified atom stereocenters. The molecule has 20 heavy (non-hydrogen) atoms. The largest absolute Gasteiger partial charge is 0.366 e. The fourth-order valence-corrected chi connectivity index (χ4v) is 2.68. The Balaban J connectivity index is 2.09. The smallest absolute Gasteiger partial charge is 0.248 e. The average molecular weight is 270 g/mol. The van der Waals surface area contributed by atoms with Gasteiger partial charge in [0.05, 0.1) is 0 Å². The summed E-state index contributed by atoms with van der Waals surface area (Å²) in [5, 5.41) is 5.48. The van der Waals surface area contributed by atoms with Crippen molar-refractivity contribution in [2.24, 2.45) is 5.73 Å². The van der Waals surface area contributed by atoms with Crippen molar-refractivity contribution >= 4 is 22.5 Å². The molecule has 1 aliphatic rings. The third-order valence-electron chi connectivity index (χ3n) is 3.70. The highest BCUT2D eigenvalue weighted by Crippen LogP contribution is 2.26. The van der Waals surface area contributed by atoms with Gasteiger partial charge in [-0.15, -0.1) is 0 Å². The lowest BCUT2D eigenvalue weighted by Crippen LogP contribution is -2.49. The van der Waals surface area contributed by atoms with E-state index in [2.05, 4.69) is 22.1 Å². The van der Waals surface area contributed by atoms with Crippen LogP contribution in [0, 0.1) is 0 Å². The Morgan fingerprint density at radius 1 is 1.45 bits per heavy atom. The van der Waals surface area contributed by atoms with Crippen molar-refractivity contribution in [2.75, 3.05) is 24.5 Å². The van der Waals surface area contributed by atoms with Crippen LogP contribution < -0.4 is 16.0 Å². The predicted octanol–water partition coefficient (Wildman–Crippen LogP) is 1.13. The average Bonchev–Trinajstić information content (AvgIpc) is 2.46. The molecule has 0 bridgehead atoms. The third-order valence-corrected chi connectivity index (χ3v) is 3.70. The predicted molar refractivity (Wildman–Crippen MR) is 79.9 cm³/mol. The molecule has 2 heterocycles. The number of anilines is 1. The van der Waals surface area contributed by atoms with Gasteiger partial charge in [-0.25, -0.2) is 4.98 Å². The van der Waals surface area contributed by atoms with Crippen LogP contribution in [0.15, 0.2) is 30.5 Å². The molecular weight excluding hydrogens is 252 g/mol. The Morgan fingerprint density at radius 2 is 2.30 bits per heavy atom. The van der Waals surface area contributed by atoms with Gasteiger partial charge in [0, 0.05) is 42.8 Å². The van der Waals surface area contributed by atoms with E-state index in [9.17, 15) is 4.79 Å². The maximum atomic E-state index is 11.4. The maximum absolute atomic E-state index is 11.4. The van der Waals surface area contributed by atoms with E-state index in [4.69, 9.17) is 5.73 Å². The number of hydrogen-bond acceptors (Lipinski definition) is 4. The number of amides is 1. The molecule has 1 aromatic carbocycles. The van der Waals surface area contributed by atoms with Gasteiger partial charge >= 0.3 is 0 Å². The van der Waals surface area contributed by atoms with Crippen molar-refractivity contribution in [1.29, 1.82) is 0 Å². The number of nitrogens with zero attached hydrogens (tertiary/aromatic N) is 2. The van der Waals surface area contributed by atoms with Gasteiger partial charge < -0.3 is 16.0 Å². The summed E-state index contributed by atoms with van der Waals surface area (Å²) in [5.74, 6) is 0.523. The van der Waals surface area contributed by atoms with E-state index in [1.807, 2.05) is 24.4 Å². The van der Waals surface area contributed by atoms with E-state index in [0.717, 1.165) is 36.2 Å². The molecule has 1 atom stereocenters. The van der Waals surface area contributed by atoms with E-state index in [1.54, 1.807) is 6.07 Å². The summed E-state index contributed by atoms with van der Waals surface area (Å²) in [6.07, 6.45) is 1.81. The number of carbonyl (C=O) groups excluding carboxylic acids is 1. The number of fused-ring (bicyclic) bond motifs is 1. The number of benzene rings is 1. The fourth-order valence-electron chi connectivity index (χ4n) is 2.68. The van der Waals surface area contributed by atoms with Crippen LogP contribution in [0.2, 0.25) is 0 Å². The number of primary amides is 1. The van der Waals surface area contributed by atoms with Gasteiger partial charge in [0.1, 0.15) is 5.82 Å². The maximum Gasteiger partial charge on any atom is 0.248 e. The van der Waals surface area contributed by atoms with Crippen molar-refractivity contribution in [3.8, 4) is 0 Å². The first-order chi connectivity index (χ1) is 9.65. The molecule has 0 spiro atoms. The van der Waals surface area contributed by atoms with Crippen LogP contribution in [0.3, 0.4) is 0 Å².